The van der Waals surface area contributed by atoms with Gasteiger partial charge in [0.25, 0.3) is 0 Å². The molecule has 20 heavy (non-hydrogen) atoms. The van der Waals surface area contributed by atoms with E-state index in [1.807, 2.05) is 39.8 Å². The lowest BCUT2D eigenvalue weighted by atomic mass is 9.83. The van der Waals surface area contributed by atoms with Gasteiger partial charge in [-0.1, -0.05) is 0 Å². The predicted octanol–water partition coefficient (Wildman–Crippen LogP) is 1.08. The monoisotopic (exact) mass is 276 g/mol. The minimum Gasteiger partial charge on any atom is -0.398 e. The fourth-order valence-corrected chi connectivity index (χ4v) is 2.32. The fraction of sp³-hybridized carbons (Fsp3) is 0.643. The highest BCUT2D eigenvalue weighted by Crippen LogP contribution is 2.36. The lowest BCUT2D eigenvalue weighted by Crippen LogP contribution is -2.41. The molecule has 0 saturated carbocycles. The van der Waals surface area contributed by atoms with Crippen LogP contribution in [0.1, 0.15) is 39.3 Å². The first-order valence-corrected chi connectivity index (χ1v) is 7.00. The summed E-state index contributed by atoms with van der Waals surface area (Å²) in [6.07, 6.45) is 0. The van der Waals surface area contributed by atoms with E-state index in [-0.39, 0.29) is 17.1 Å². The molecule has 3 rings (SSSR count). The Bertz CT molecular complexity index is 513. The maximum absolute atomic E-state index is 6.02. The van der Waals surface area contributed by atoms with Crippen LogP contribution in [-0.4, -0.2) is 36.5 Å². The summed E-state index contributed by atoms with van der Waals surface area (Å²) in [6.45, 7) is 9.50. The topological polar surface area (TPSA) is 66.6 Å². The second-order valence-electron chi connectivity index (χ2n) is 6.53. The Labute approximate surface area is 119 Å². The molecule has 0 amide bonds. The zero-order chi connectivity index (χ0) is 14.5. The number of rotatable bonds is 2. The van der Waals surface area contributed by atoms with Crippen LogP contribution in [0.15, 0.2) is 12.1 Å². The minimum atomic E-state index is -0.444. The first-order valence-electron chi connectivity index (χ1n) is 7.00. The second-order valence-corrected chi connectivity index (χ2v) is 6.53. The van der Waals surface area contributed by atoms with Crippen LogP contribution >= 0.6 is 0 Å². The molecule has 1 aromatic rings. The van der Waals surface area contributed by atoms with Crippen LogP contribution in [0.4, 0.5) is 5.69 Å². The Kier molecular flexibility index (Phi) is 3.08. The number of hydrogen-bond acceptors (Lipinski definition) is 5. The first-order chi connectivity index (χ1) is 9.30. The summed E-state index contributed by atoms with van der Waals surface area (Å²) in [5, 5.41) is 0. The molecule has 0 spiro atoms. The summed E-state index contributed by atoms with van der Waals surface area (Å²) >= 11 is 0. The van der Waals surface area contributed by atoms with Gasteiger partial charge in [-0.15, -0.1) is 0 Å². The Morgan fingerprint density at radius 1 is 1.15 bits per heavy atom. The van der Waals surface area contributed by atoms with Crippen LogP contribution in [0.25, 0.3) is 0 Å². The number of aromatic nitrogens is 1. The molecule has 5 nitrogen and oxygen atoms in total. The van der Waals surface area contributed by atoms with Gasteiger partial charge in [-0.05, 0) is 39.8 Å². The Morgan fingerprint density at radius 2 is 1.75 bits per heavy atom. The van der Waals surface area contributed by atoms with Crippen LogP contribution in [0.3, 0.4) is 0 Å². The van der Waals surface area contributed by atoms with Crippen molar-refractivity contribution in [1.82, 2.24) is 4.98 Å². The van der Waals surface area contributed by atoms with E-state index in [4.69, 9.17) is 19.8 Å². The van der Waals surface area contributed by atoms with E-state index in [0.717, 1.165) is 11.3 Å². The first kappa shape index (κ1) is 13.9. The summed E-state index contributed by atoms with van der Waals surface area (Å²) in [6, 6.07) is 3.75. The van der Waals surface area contributed by atoms with Crippen molar-refractivity contribution in [2.75, 3.05) is 18.9 Å². The number of ether oxygens (including phenoxy) is 1. The van der Waals surface area contributed by atoms with Gasteiger partial charge in [-0.3, -0.25) is 4.98 Å². The summed E-state index contributed by atoms with van der Waals surface area (Å²) in [5.74, 6) is 0.289. The Balaban J connectivity index is 1.88. The van der Waals surface area contributed by atoms with Crippen molar-refractivity contribution in [3.63, 3.8) is 0 Å². The number of anilines is 1. The highest BCUT2D eigenvalue weighted by molar-refractivity contribution is 6.61. The number of nitrogens with zero attached hydrogens (tertiary/aromatic N) is 1. The number of hydrogen-bond donors (Lipinski definition) is 1. The molecule has 0 radical (unpaired) electrons. The predicted molar refractivity (Wildman–Crippen MR) is 77.9 cm³/mol. The van der Waals surface area contributed by atoms with Crippen LogP contribution in [0.5, 0.6) is 0 Å². The van der Waals surface area contributed by atoms with E-state index < -0.39 is 7.12 Å². The van der Waals surface area contributed by atoms with E-state index in [1.54, 1.807) is 0 Å². The third kappa shape index (κ3) is 2.12. The molecule has 2 fully saturated rings. The van der Waals surface area contributed by atoms with Gasteiger partial charge in [0.1, 0.15) is 0 Å². The molecule has 2 aliphatic heterocycles. The molecule has 0 aromatic carbocycles. The molecule has 0 bridgehead atoms. The maximum atomic E-state index is 6.02. The molecular formula is C14H21BN2O3. The van der Waals surface area contributed by atoms with Crippen molar-refractivity contribution in [3.05, 3.63) is 17.8 Å². The zero-order valence-corrected chi connectivity index (χ0v) is 12.5. The van der Waals surface area contributed by atoms with Crippen molar-refractivity contribution in [1.29, 1.82) is 0 Å². The summed E-state index contributed by atoms with van der Waals surface area (Å²) < 4.78 is 17.3. The molecule has 1 aromatic heterocycles. The third-order valence-corrected chi connectivity index (χ3v) is 4.50. The van der Waals surface area contributed by atoms with Crippen LogP contribution in [-0.2, 0) is 14.0 Å². The van der Waals surface area contributed by atoms with Gasteiger partial charge in [0.05, 0.1) is 47.3 Å². The van der Waals surface area contributed by atoms with E-state index in [2.05, 4.69) is 4.98 Å². The van der Waals surface area contributed by atoms with E-state index in [1.165, 1.54) is 0 Å². The molecule has 6 heteroatoms. The van der Waals surface area contributed by atoms with Gasteiger partial charge in [0, 0.05) is 0 Å². The molecule has 3 heterocycles. The molecule has 2 saturated heterocycles. The van der Waals surface area contributed by atoms with Crippen molar-refractivity contribution in [3.8, 4) is 0 Å². The third-order valence-electron chi connectivity index (χ3n) is 4.50. The largest absolute Gasteiger partial charge is 0.514 e. The lowest BCUT2D eigenvalue weighted by molar-refractivity contribution is 0.00578. The van der Waals surface area contributed by atoms with Crippen molar-refractivity contribution in [2.24, 2.45) is 0 Å². The van der Waals surface area contributed by atoms with E-state index in [0.29, 0.717) is 18.9 Å². The molecule has 0 unspecified atom stereocenters. The molecule has 0 atom stereocenters. The summed E-state index contributed by atoms with van der Waals surface area (Å²) in [4.78, 5) is 4.65. The molecular weight excluding hydrogens is 255 g/mol. The standard InChI is InChI=1S/C14H21BN2O3/c1-13(2)14(3,4)20-15(19-13)11-6-5-10(16)12(17-11)9-7-18-8-9/h5-6,9H,7-8,16H2,1-4H3. The van der Waals surface area contributed by atoms with Gasteiger partial charge in [-0.25, -0.2) is 0 Å². The van der Waals surface area contributed by atoms with Crippen molar-refractivity contribution in [2.45, 2.75) is 44.8 Å². The van der Waals surface area contributed by atoms with Gasteiger partial charge >= 0.3 is 7.12 Å². The minimum absolute atomic E-state index is 0.289. The van der Waals surface area contributed by atoms with Crippen LogP contribution < -0.4 is 11.3 Å². The van der Waals surface area contributed by atoms with Crippen LogP contribution in [0, 0.1) is 0 Å². The van der Waals surface area contributed by atoms with Gasteiger partial charge in [0.2, 0.25) is 0 Å². The summed E-state index contributed by atoms with van der Waals surface area (Å²) in [5.41, 5.74) is 7.66. The highest BCUT2D eigenvalue weighted by Gasteiger charge is 2.52. The van der Waals surface area contributed by atoms with Gasteiger partial charge in [-0.2, -0.15) is 0 Å². The lowest BCUT2D eigenvalue weighted by Gasteiger charge is -2.32. The molecule has 0 aliphatic carbocycles. The Hall–Kier alpha value is -1.11. The number of nitrogen functional groups attached to an aromatic ring is 1. The van der Waals surface area contributed by atoms with Crippen LogP contribution in [0.2, 0.25) is 0 Å². The zero-order valence-electron chi connectivity index (χ0n) is 12.5. The number of pyridine rings is 1. The smallest absolute Gasteiger partial charge is 0.398 e. The average molecular weight is 276 g/mol. The van der Waals surface area contributed by atoms with Gasteiger partial charge in [0.15, 0.2) is 0 Å². The molecule has 2 N–H and O–H groups in total. The Morgan fingerprint density at radius 3 is 2.25 bits per heavy atom. The number of nitrogens with two attached hydrogens (primary N) is 1. The van der Waals surface area contributed by atoms with Gasteiger partial charge < -0.3 is 19.8 Å². The molecule has 108 valence electrons. The average Bonchev–Trinajstić information content (AvgIpc) is 2.49. The SMILES string of the molecule is CC1(C)OB(c2ccc(N)c(C3COC3)n2)OC1(C)C. The normalized spacial score (nSPS) is 24.7. The van der Waals surface area contributed by atoms with Crippen molar-refractivity contribution >= 4 is 18.4 Å². The molecule has 2 aliphatic rings. The second kappa shape index (κ2) is 4.45. The van der Waals surface area contributed by atoms with E-state index >= 15 is 0 Å². The van der Waals surface area contributed by atoms with Crippen molar-refractivity contribution < 1.29 is 14.0 Å². The summed E-state index contributed by atoms with van der Waals surface area (Å²) in [7, 11) is -0.444. The maximum Gasteiger partial charge on any atom is 0.514 e. The highest BCUT2D eigenvalue weighted by atomic mass is 16.7. The fourth-order valence-electron chi connectivity index (χ4n) is 2.32. The quantitative estimate of drug-likeness (QED) is 0.819. The van der Waals surface area contributed by atoms with E-state index in [9.17, 15) is 0 Å².